The summed E-state index contributed by atoms with van der Waals surface area (Å²) in [6, 6.07) is 6.34. The van der Waals surface area contributed by atoms with Crippen LogP contribution in [0.15, 0.2) is 36.7 Å². The number of hydrogen-bond donors (Lipinski definition) is 0. The molecule has 19 heavy (non-hydrogen) atoms. The summed E-state index contributed by atoms with van der Waals surface area (Å²) in [5.41, 5.74) is 0.564. The third-order valence-corrected chi connectivity index (χ3v) is 4.02. The summed E-state index contributed by atoms with van der Waals surface area (Å²) in [6.45, 7) is 2.69. The fourth-order valence-electron chi connectivity index (χ4n) is 1.91. The highest BCUT2D eigenvalue weighted by Gasteiger charge is 2.14. The average molecular weight is 274 g/mol. The summed E-state index contributed by atoms with van der Waals surface area (Å²) in [4.78, 5) is 12.9. The zero-order valence-corrected chi connectivity index (χ0v) is 11.1. The van der Waals surface area contributed by atoms with E-state index in [2.05, 4.69) is 5.10 Å². The second-order valence-electron chi connectivity index (χ2n) is 4.21. The largest absolute Gasteiger partial charge is 0.288 e. The predicted molar refractivity (Wildman–Crippen MR) is 73.1 cm³/mol. The van der Waals surface area contributed by atoms with Crippen molar-refractivity contribution >= 4 is 27.2 Å². The van der Waals surface area contributed by atoms with Gasteiger partial charge in [-0.1, -0.05) is 6.07 Å². The molecule has 0 aliphatic carbocycles. The molecule has 0 fully saturated rings. The number of benzene rings is 1. The van der Waals surface area contributed by atoms with E-state index >= 15 is 0 Å². The monoisotopic (exact) mass is 274 g/mol. The Bertz CT molecular complexity index is 760. The molecule has 3 nitrogen and oxygen atoms in total. The maximum atomic E-state index is 13.1. The Balaban J connectivity index is 2.01. The van der Waals surface area contributed by atoms with Crippen LogP contribution in [-0.4, -0.2) is 15.6 Å². The van der Waals surface area contributed by atoms with Gasteiger partial charge in [0.2, 0.25) is 5.78 Å². The molecule has 0 radical (unpaired) electrons. The Kier molecular flexibility index (Phi) is 2.91. The quantitative estimate of drug-likeness (QED) is 0.685. The number of carbonyl (C=O) groups is 1. The number of hydrogen-bond acceptors (Lipinski definition) is 3. The molecule has 0 atom stereocenters. The average Bonchev–Trinajstić information content (AvgIpc) is 3.03. The van der Waals surface area contributed by atoms with Crippen molar-refractivity contribution < 1.29 is 9.18 Å². The summed E-state index contributed by atoms with van der Waals surface area (Å²) in [6.07, 6.45) is 3.30. The molecular weight excluding hydrogens is 263 g/mol. The Hall–Kier alpha value is -2.01. The highest BCUT2D eigenvalue weighted by Crippen LogP contribution is 2.28. The lowest BCUT2D eigenvalue weighted by molar-refractivity contribution is 0.104. The summed E-state index contributed by atoms with van der Waals surface area (Å²) < 4.78 is 15.6. The molecule has 96 valence electrons. The maximum Gasteiger partial charge on any atom is 0.206 e. The number of aromatic nitrogens is 2. The lowest BCUT2D eigenvalue weighted by atomic mass is 10.2. The van der Waals surface area contributed by atoms with Crippen LogP contribution in [0, 0.1) is 5.82 Å². The molecule has 5 heteroatoms. The molecule has 0 N–H and O–H groups in total. The molecule has 3 rings (SSSR count). The fraction of sp³-hybridized carbons (Fsp3) is 0.143. The van der Waals surface area contributed by atoms with E-state index in [4.69, 9.17) is 0 Å². The minimum Gasteiger partial charge on any atom is -0.288 e. The van der Waals surface area contributed by atoms with Crippen molar-refractivity contribution in [2.24, 2.45) is 0 Å². The highest BCUT2D eigenvalue weighted by molar-refractivity contribution is 7.21. The van der Waals surface area contributed by atoms with E-state index in [1.54, 1.807) is 29.2 Å². The molecule has 0 bridgehead atoms. The topological polar surface area (TPSA) is 34.9 Å². The number of ketones is 1. The molecule has 0 unspecified atom stereocenters. The minimum absolute atomic E-state index is 0.0682. The van der Waals surface area contributed by atoms with E-state index in [1.165, 1.54) is 23.5 Å². The SMILES string of the molecule is CCn1cc(C(=O)c2cc3ccc(F)cc3s2)cn1. The first-order valence-corrected chi connectivity index (χ1v) is 6.75. The van der Waals surface area contributed by atoms with Gasteiger partial charge in [0.05, 0.1) is 16.6 Å². The summed E-state index contributed by atoms with van der Waals surface area (Å²) in [7, 11) is 0. The van der Waals surface area contributed by atoms with Gasteiger partial charge in [-0.3, -0.25) is 9.48 Å². The van der Waals surface area contributed by atoms with Crippen LogP contribution in [0.5, 0.6) is 0 Å². The highest BCUT2D eigenvalue weighted by atomic mass is 32.1. The molecular formula is C14H11FN2OS. The summed E-state index contributed by atoms with van der Waals surface area (Å²) in [5.74, 6) is -0.353. The van der Waals surface area contributed by atoms with Crippen molar-refractivity contribution in [1.29, 1.82) is 0 Å². The second kappa shape index (κ2) is 4.59. The second-order valence-corrected chi connectivity index (χ2v) is 5.29. The van der Waals surface area contributed by atoms with Gasteiger partial charge in [-0.2, -0.15) is 5.10 Å². The molecule has 3 aromatic rings. The number of carbonyl (C=O) groups excluding carboxylic acids is 1. The number of fused-ring (bicyclic) bond motifs is 1. The zero-order chi connectivity index (χ0) is 13.4. The van der Waals surface area contributed by atoms with Gasteiger partial charge in [-0.25, -0.2) is 4.39 Å². The first-order chi connectivity index (χ1) is 9.17. The number of rotatable bonds is 3. The molecule has 2 heterocycles. The molecule has 0 saturated heterocycles. The number of nitrogens with zero attached hydrogens (tertiary/aromatic N) is 2. The first-order valence-electron chi connectivity index (χ1n) is 5.93. The van der Waals surface area contributed by atoms with Crippen LogP contribution in [0.1, 0.15) is 22.2 Å². The number of halogens is 1. The first kappa shape index (κ1) is 12.0. The molecule has 0 saturated carbocycles. The van der Waals surface area contributed by atoms with Crippen LogP contribution >= 0.6 is 11.3 Å². The van der Waals surface area contributed by atoms with E-state index in [0.717, 1.165) is 16.6 Å². The van der Waals surface area contributed by atoms with Crippen LogP contribution in [0.25, 0.3) is 10.1 Å². The van der Waals surface area contributed by atoms with E-state index in [1.807, 2.05) is 6.92 Å². The van der Waals surface area contributed by atoms with Crippen molar-refractivity contribution in [3.05, 3.63) is 52.9 Å². The van der Waals surface area contributed by atoms with Crippen molar-refractivity contribution in [2.45, 2.75) is 13.5 Å². The van der Waals surface area contributed by atoms with Crippen LogP contribution in [-0.2, 0) is 6.54 Å². The number of aryl methyl sites for hydroxylation is 1. The summed E-state index contributed by atoms with van der Waals surface area (Å²) >= 11 is 1.30. The van der Waals surface area contributed by atoms with Crippen molar-refractivity contribution in [2.75, 3.05) is 0 Å². The standard InChI is InChI=1S/C14H11FN2OS/c1-2-17-8-10(7-16-17)14(18)13-5-9-3-4-11(15)6-12(9)19-13/h3-8H,2H2,1H3. The van der Waals surface area contributed by atoms with Gasteiger partial charge in [0.1, 0.15) is 5.82 Å². The van der Waals surface area contributed by atoms with E-state index in [-0.39, 0.29) is 11.6 Å². The molecule has 0 aliphatic rings. The normalized spacial score (nSPS) is 11.1. The molecule has 2 aromatic heterocycles. The smallest absolute Gasteiger partial charge is 0.206 e. The van der Waals surface area contributed by atoms with E-state index < -0.39 is 0 Å². The predicted octanol–water partition coefficient (Wildman–Crippen LogP) is 3.49. The lowest BCUT2D eigenvalue weighted by Gasteiger charge is -1.92. The third kappa shape index (κ3) is 2.17. The van der Waals surface area contributed by atoms with Crippen LogP contribution in [0.2, 0.25) is 0 Å². The molecule has 0 spiro atoms. The number of thiophene rings is 1. The van der Waals surface area contributed by atoms with Gasteiger partial charge in [-0.15, -0.1) is 11.3 Å². The van der Waals surface area contributed by atoms with Crippen molar-refractivity contribution in [3.63, 3.8) is 0 Å². The third-order valence-electron chi connectivity index (χ3n) is 2.93. The molecule has 0 amide bonds. The van der Waals surface area contributed by atoms with Gasteiger partial charge in [0.25, 0.3) is 0 Å². The van der Waals surface area contributed by atoms with Crippen LogP contribution in [0.4, 0.5) is 4.39 Å². The van der Waals surface area contributed by atoms with Gasteiger partial charge in [0, 0.05) is 17.4 Å². The maximum absolute atomic E-state index is 13.1. The van der Waals surface area contributed by atoms with Gasteiger partial charge in [0.15, 0.2) is 0 Å². The van der Waals surface area contributed by atoms with Gasteiger partial charge < -0.3 is 0 Å². The van der Waals surface area contributed by atoms with Crippen molar-refractivity contribution in [3.8, 4) is 0 Å². The van der Waals surface area contributed by atoms with Crippen LogP contribution in [0.3, 0.4) is 0 Å². The Morgan fingerprint density at radius 2 is 2.26 bits per heavy atom. The Labute approximate surface area is 113 Å². The Morgan fingerprint density at radius 3 is 3.00 bits per heavy atom. The van der Waals surface area contributed by atoms with Gasteiger partial charge in [-0.05, 0) is 30.5 Å². The zero-order valence-electron chi connectivity index (χ0n) is 10.3. The minimum atomic E-state index is -0.285. The van der Waals surface area contributed by atoms with E-state index in [9.17, 15) is 9.18 Å². The van der Waals surface area contributed by atoms with Crippen molar-refractivity contribution in [1.82, 2.24) is 9.78 Å². The lowest BCUT2D eigenvalue weighted by Crippen LogP contribution is -1.97. The molecule has 0 aliphatic heterocycles. The van der Waals surface area contributed by atoms with Crippen LogP contribution < -0.4 is 0 Å². The fourth-order valence-corrected chi connectivity index (χ4v) is 2.96. The van der Waals surface area contributed by atoms with Gasteiger partial charge >= 0.3 is 0 Å². The van der Waals surface area contributed by atoms with E-state index in [0.29, 0.717) is 10.4 Å². The summed E-state index contributed by atoms with van der Waals surface area (Å²) in [5, 5.41) is 4.98. The Morgan fingerprint density at radius 1 is 1.42 bits per heavy atom. The molecule has 1 aromatic carbocycles.